The maximum Gasteiger partial charge on any atom is 0.221 e. The Morgan fingerprint density at radius 3 is 2.62 bits per heavy atom. The lowest BCUT2D eigenvalue weighted by molar-refractivity contribution is 0.551. The normalized spacial score (nSPS) is 15.5. The van der Waals surface area contributed by atoms with Gasteiger partial charge in [-0.15, -0.1) is 0 Å². The molecule has 0 atom stereocenters. The van der Waals surface area contributed by atoms with E-state index in [1.807, 2.05) is 29.8 Å². The van der Waals surface area contributed by atoms with Crippen molar-refractivity contribution < 1.29 is 0 Å². The highest BCUT2D eigenvalue weighted by Gasteiger charge is 2.38. The van der Waals surface area contributed by atoms with Gasteiger partial charge in [-0.1, -0.05) is 13.8 Å². The van der Waals surface area contributed by atoms with Crippen LogP contribution >= 0.6 is 0 Å². The van der Waals surface area contributed by atoms with E-state index in [4.69, 9.17) is 10.7 Å². The predicted molar refractivity (Wildman–Crippen MR) is 92.6 cm³/mol. The number of aromatic nitrogens is 5. The van der Waals surface area contributed by atoms with Gasteiger partial charge in [0.15, 0.2) is 0 Å². The van der Waals surface area contributed by atoms with E-state index in [0.29, 0.717) is 0 Å². The summed E-state index contributed by atoms with van der Waals surface area (Å²) in [7, 11) is 0. The fourth-order valence-electron chi connectivity index (χ4n) is 3.12. The Kier molecular flexibility index (Phi) is 3.06. The summed E-state index contributed by atoms with van der Waals surface area (Å²) in [6.45, 7) is 7.13. The van der Waals surface area contributed by atoms with E-state index in [9.17, 15) is 0 Å². The summed E-state index contributed by atoms with van der Waals surface area (Å²) >= 11 is 0. The third-order valence-corrected chi connectivity index (χ3v) is 4.26. The van der Waals surface area contributed by atoms with Crippen LogP contribution in [0.25, 0.3) is 5.82 Å². The minimum atomic E-state index is -0.0965. The van der Waals surface area contributed by atoms with Crippen LogP contribution in [0, 0.1) is 6.92 Å². The lowest BCUT2D eigenvalue weighted by Gasteiger charge is -2.20. The van der Waals surface area contributed by atoms with E-state index in [-0.39, 0.29) is 11.4 Å². The number of aryl methyl sites for hydroxylation is 1. The Balaban J connectivity index is 1.81. The van der Waals surface area contributed by atoms with Crippen molar-refractivity contribution in [2.75, 3.05) is 17.2 Å². The monoisotopic (exact) mass is 321 g/mol. The van der Waals surface area contributed by atoms with Crippen molar-refractivity contribution >= 4 is 17.5 Å². The molecule has 0 saturated carbocycles. The molecule has 0 bridgehead atoms. The first kappa shape index (κ1) is 14.6. The van der Waals surface area contributed by atoms with Gasteiger partial charge in [0.05, 0.1) is 17.1 Å². The van der Waals surface area contributed by atoms with Crippen molar-refractivity contribution in [2.45, 2.75) is 26.2 Å². The molecule has 0 aromatic carbocycles. The van der Waals surface area contributed by atoms with Gasteiger partial charge in [0.2, 0.25) is 5.95 Å². The maximum absolute atomic E-state index is 5.74. The summed E-state index contributed by atoms with van der Waals surface area (Å²) < 4.78 is 1.94. The molecule has 122 valence electrons. The van der Waals surface area contributed by atoms with E-state index in [2.05, 4.69) is 39.8 Å². The van der Waals surface area contributed by atoms with Gasteiger partial charge in [-0.05, 0) is 25.1 Å². The Bertz CT molecular complexity index is 913. The highest BCUT2D eigenvalue weighted by Crippen LogP contribution is 2.42. The zero-order valence-corrected chi connectivity index (χ0v) is 13.9. The average Bonchev–Trinajstić information content (AvgIpc) is 3.09. The van der Waals surface area contributed by atoms with Crippen LogP contribution in [0.15, 0.2) is 36.9 Å². The molecule has 0 fully saturated rings. The number of imidazole rings is 1. The van der Waals surface area contributed by atoms with E-state index < -0.39 is 0 Å². The van der Waals surface area contributed by atoms with Gasteiger partial charge < -0.3 is 10.6 Å². The van der Waals surface area contributed by atoms with Crippen molar-refractivity contribution in [3.63, 3.8) is 0 Å². The lowest BCUT2D eigenvalue weighted by atomic mass is 9.91. The Morgan fingerprint density at radius 1 is 1.08 bits per heavy atom. The molecule has 0 unspecified atom stereocenters. The molecule has 7 nitrogen and oxygen atoms in total. The first-order valence-electron chi connectivity index (χ1n) is 7.83. The van der Waals surface area contributed by atoms with Crippen LogP contribution in [0.5, 0.6) is 0 Å². The molecular weight excluding hydrogens is 302 g/mol. The third kappa shape index (κ3) is 2.29. The first-order chi connectivity index (χ1) is 11.4. The second kappa shape index (κ2) is 5.02. The third-order valence-electron chi connectivity index (χ3n) is 4.26. The fourth-order valence-corrected chi connectivity index (χ4v) is 3.12. The number of hydrogen-bond acceptors (Lipinski definition) is 6. The second-order valence-electron chi connectivity index (χ2n) is 6.70. The summed E-state index contributed by atoms with van der Waals surface area (Å²) in [4.78, 5) is 19.6. The predicted octanol–water partition coefficient (Wildman–Crippen LogP) is 2.38. The largest absolute Gasteiger partial charge is 0.368 e. The van der Waals surface area contributed by atoms with E-state index in [1.54, 1.807) is 12.5 Å². The van der Waals surface area contributed by atoms with Crippen LogP contribution in [-0.4, -0.2) is 31.0 Å². The van der Waals surface area contributed by atoms with Gasteiger partial charge in [-0.2, -0.15) is 4.98 Å². The molecule has 7 heteroatoms. The summed E-state index contributed by atoms with van der Waals surface area (Å²) in [6.07, 6.45) is 5.44. The molecule has 0 radical (unpaired) electrons. The molecule has 24 heavy (non-hydrogen) atoms. The summed E-state index contributed by atoms with van der Waals surface area (Å²) in [5.74, 6) is 1.94. The van der Waals surface area contributed by atoms with Gasteiger partial charge in [-0.3, -0.25) is 4.57 Å². The number of nitrogens with two attached hydrogens (primary N) is 1. The standard InChI is InChI=1S/C17H19N7/c1-11-8-23(10-20-11)13-5-4-12-15(21-13)17(2,3)9-24(12)14-6-7-19-16(18)22-14/h4-8,10H,9H2,1-3H3,(H2,18,19,22). The molecule has 2 N–H and O–H groups in total. The Morgan fingerprint density at radius 2 is 1.92 bits per heavy atom. The number of rotatable bonds is 2. The molecule has 0 spiro atoms. The first-order valence-corrected chi connectivity index (χ1v) is 7.83. The van der Waals surface area contributed by atoms with Gasteiger partial charge in [-0.25, -0.2) is 15.0 Å². The number of anilines is 3. The second-order valence-corrected chi connectivity index (χ2v) is 6.70. The Labute approximate surface area is 140 Å². The number of pyridine rings is 1. The quantitative estimate of drug-likeness (QED) is 0.780. The topological polar surface area (TPSA) is 85.8 Å². The zero-order valence-electron chi connectivity index (χ0n) is 13.9. The van der Waals surface area contributed by atoms with Gasteiger partial charge in [0, 0.05) is 24.4 Å². The lowest BCUT2D eigenvalue weighted by Crippen LogP contribution is -2.26. The number of nitrogens with zero attached hydrogens (tertiary/aromatic N) is 6. The van der Waals surface area contributed by atoms with Crippen molar-refractivity contribution in [3.05, 3.63) is 48.3 Å². The van der Waals surface area contributed by atoms with Gasteiger partial charge in [0.1, 0.15) is 18.0 Å². The summed E-state index contributed by atoms with van der Waals surface area (Å²) in [6, 6.07) is 5.95. The van der Waals surface area contributed by atoms with Crippen LogP contribution in [-0.2, 0) is 5.41 Å². The van der Waals surface area contributed by atoms with Crippen LogP contribution in [0.2, 0.25) is 0 Å². The molecular formula is C17H19N7. The molecule has 4 rings (SSSR count). The fraction of sp³-hybridized carbons (Fsp3) is 0.294. The highest BCUT2D eigenvalue weighted by atomic mass is 15.3. The van der Waals surface area contributed by atoms with Crippen molar-refractivity contribution in [1.29, 1.82) is 0 Å². The SMILES string of the molecule is Cc1cn(-c2ccc3c(n2)C(C)(C)CN3c2ccnc(N)n2)cn1. The molecule has 0 saturated heterocycles. The number of hydrogen-bond donors (Lipinski definition) is 1. The number of fused-ring (bicyclic) bond motifs is 1. The van der Waals surface area contributed by atoms with Crippen LogP contribution < -0.4 is 10.6 Å². The molecule has 0 amide bonds. The molecule has 4 heterocycles. The van der Waals surface area contributed by atoms with Crippen molar-refractivity contribution in [3.8, 4) is 5.82 Å². The summed E-state index contributed by atoms with van der Waals surface area (Å²) in [5, 5.41) is 0. The van der Waals surface area contributed by atoms with E-state index in [0.717, 1.165) is 35.3 Å². The molecule has 3 aromatic heterocycles. The minimum absolute atomic E-state index is 0.0965. The minimum Gasteiger partial charge on any atom is -0.368 e. The van der Waals surface area contributed by atoms with Gasteiger partial charge in [0.25, 0.3) is 0 Å². The molecule has 1 aliphatic rings. The van der Waals surface area contributed by atoms with Crippen molar-refractivity contribution in [2.24, 2.45) is 0 Å². The van der Waals surface area contributed by atoms with E-state index >= 15 is 0 Å². The summed E-state index contributed by atoms with van der Waals surface area (Å²) in [5.41, 5.74) is 8.71. The smallest absolute Gasteiger partial charge is 0.221 e. The van der Waals surface area contributed by atoms with Crippen LogP contribution in [0.3, 0.4) is 0 Å². The Hall–Kier alpha value is -2.96. The molecule has 0 aliphatic carbocycles. The molecule has 3 aromatic rings. The number of nitrogen functional groups attached to an aromatic ring is 1. The maximum atomic E-state index is 5.74. The molecule has 1 aliphatic heterocycles. The van der Waals surface area contributed by atoms with Gasteiger partial charge >= 0.3 is 0 Å². The van der Waals surface area contributed by atoms with Crippen molar-refractivity contribution in [1.82, 2.24) is 24.5 Å². The highest BCUT2D eigenvalue weighted by molar-refractivity contribution is 5.69. The zero-order chi connectivity index (χ0) is 16.9. The van der Waals surface area contributed by atoms with Crippen LogP contribution in [0.4, 0.5) is 17.5 Å². The average molecular weight is 321 g/mol. The van der Waals surface area contributed by atoms with E-state index in [1.165, 1.54) is 0 Å². The van der Waals surface area contributed by atoms with Crippen LogP contribution in [0.1, 0.15) is 25.2 Å².